The number of nitrogens with zero attached hydrogens (tertiary/aromatic N) is 6. The highest BCUT2D eigenvalue weighted by molar-refractivity contribution is 6.30. The molecule has 2 amide bonds. The van der Waals surface area contributed by atoms with Crippen molar-refractivity contribution in [2.24, 2.45) is 0 Å². The molecule has 1 aliphatic rings. The molecular weight excluding hydrogens is 498 g/mol. The molecule has 1 saturated heterocycles. The Kier molecular flexibility index (Phi) is 7.72. The maximum absolute atomic E-state index is 12.9. The molecule has 0 saturated carbocycles. The summed E-state index contributed by atoms with van der Waals surface area (Å²) in [5.41, 5.74) is 2.56. The Labute approximate surface area is 228 Å². The van der Waals surface area contributed by atoms with Gasteiger partial charge in [-0.25, -0.2) is 9.48 Å². The number of rotatable bonds is 7. The van der Waals surface area contributed by atoms with Crippen molar-refractivity contribution in [1.29, 1.82) is 0 Å². The van der Waals surface area contributed by atoms with Crippen LogP contribution in [-0.2, 0) is 5.54 Å². The van der Waals surface area contributed by atoms with E-state index in [1.165, 1.54) is 0 Å². The Morgan fingerprint density at radius 2 is 1.50 bits per heavy atom. The van der Waals surface area contributed by atoms with E-state index >= 15 is 0 Å². The van der Waals surface area contributed by atoms with Crippen LogP contribution in [0, 0.1) is 0 Å². The van der Waals surface area contributed by atoms with Crippen molar-refractivity contribution < 1.29 is 4.79 Å². The molecule has 4 aromatic rings. The van der Waals surface area contributed by atoms with Crippen LogP contribution in [0.2, 0.25) is 5.02 Å². The first-order chi connectivity index (χ1) is 18.5. The lowest BCUT2D eigenvalue weighted by molar-refractivity contribution is 0.0410. The minimum absolute atomic E-state index is 0.108. The average Bonchev–Trinajstić information content (AvgIpc) is 3.45. The summed E-state index contributed by atoms with van der Waals surface area (Å²) in [6, 6.07) is 27.6. The van der Waals surface area contributed by atoms with Gasteiger partial charge in [0.25, 0.3) is 0 Å². The lowest BCUT2D eigenvalue weighted by Gasteiger charge is -2.45. The SMILES string of the molecule is CCC(C)(c1nnnn1C(c1ccccc1)c1ccccc1)N1CCN(C(=O)Nc2ccc(Cl)cc2)CC1. The molecule has 1 aromatic heterocycles. The van der Waals surface area contributed by atoms with Crippen LogP contribution in [0.3, 0.4) is 0 Å². The second kappa shape index (κ2) is 11.3. The summed E-state index contributed by atoms with van der Waals surface area (Å²) >= 11 is 5.97. The molecule has 3 aromatic carbocycles. The van der Waals surface area contributed by atoms with E-state index in [2.05, 4.69) is 63.9 Å². The first kappa shape index (κ1) is 25.9. The number of amides is 2. The van der Waals surface area contributed by atoms with E-state index < -0.39 is 5.54 Å². The summed E-state index contributed by atoms with van der Waals surface area (Å²) in [6.45, 7) is 7.01. The Balaban J connectivity index is 1.37. The first-order valence-corrected chi connectivity index (χ1v) is 13.3. The highest BCUT2D eigenvalue weighted by Gasteiger charge is 2.41. The third-order valence-electron chi connectivity index (χ3n) is 7.50. The summed E-state index contributed by atoms with van der Waals surface area (Å²) in [5.74, 6) is 0.816. The predicted molar refractivity (Wildman–Crippen MR) is 149 cm³/mol. The van der Waals surface area contributed by atoms with Crippen molar-refractivity contribution in [3.63, 3.8) is 0 Å². The third-order valence-corrected chi connectivity index (χ3v) is 7.75. The van der Waals surface area contributed by atoms with Gasteiger partial charge in [-0.15, -0.1) is 5.10 Å². The molecule has 9 heteroatoms. The molecule has 2 heterocycles. The Morgan fingerprint density at radius 3 is 2.05 bits per heavy atom. The van der Waals surface area contributed by atoms with Crippen LogP contribution in [-0.4, -0.2) is 62.2 Å². The number of hydrogen-bond donors (Lipinski definition) is 1. The van der Waals surface area contributed by atoms with Gasteiger partial charge in [-0.3, -0.25) is 4.90 Å². The smallest absolute Gasteiger partial charge is 0.321 e. The Morgan fingerprint density at radius 1 is 0.921 bits per heavy atom. The minimum atomic E-state index is -0.413. The van der Waals surface area contributed by atoms with Crippen molar-refractivity contribution in [3.05, 3.63) is 107 Å². The predicted octanol–water partition coefficient (Wildman–Crippen LogP) is 5.44. The van der Waals surface area contributed by atoms with Gasteiger partial charge in [0.05, 0.1) is 5.54 Å². The molecular formula is C29H32ClN7O. The van der Waals surface area contributed by atoms with E-state index in [-0.39, 0.29) is 12.1 Å². The maximum atomic E-state index is 12.9. The molecule has 0 aliphatic carbocycles. The van der Waals surface area contributed by atoms with Crippen molar-refractivity contribution >= 4 is 23.3 Å². The van der Waals surface area contributed by atoms with Crippen molar-refractivity contribution in [2.45, 2.75) is 31.8 Å². The fraction of sp³-hybridized carbons (Fsp3) is 0.310. The largest absolute Gasteiger partial charge is 0.322 e. The number of anilines is 1. The zero-order valence-corrected chi connectivity index (χ0v) is 22.4. The van der Waals surface area contributed by atoms with Gasteiger partial charge in [-0.1, -0.05) is 79.2 Å². The fourth-order valence-electron chi connectivity index (χ4n) is 5.13. The van der Waals surface area contributed by atoms with E-state index in [4.69, 9.17) is 11.6 Å². The lowest BCUT2D eigenvalue weighted by Crippen LogP contribution is -2.56. The van der Waals surface area contributed by atoms with E-state index in [1.54, 1.807) is 24.3 Å². The van der Waals surface area contributed by atoms with Crippen LogP contribution >= 0.6 is 11.6 Å². The molecule has 0 bridgehead atoms. The number of carbonyl (C=O) groups is 1. The summed E-state index contributed by atoms with van der Waals surface area (Å²) in [6.07, 6.45) is 0.820. The molecule has 1 aliphatic heterocycles. The van der Waals surface area contributed by atoms with Gasteiger partial charge in [-0.2, -0.15) is 0 Å². The van der Waals surface area contributed by atoms with Crippen molar-refractivity contribution in [1.82, 2.24) is 30.0 Å². The van der Waals surface area contributed by atoms with E-state index in [0.717, 1.165) is 29.1 Å². The highest BCUT2D eigenvalue weighted by atomic mass is 35.5. The number of piperazine rings is 1. The van der Waals surface area contributed by atoms with Gasteiger partial charge in [0.15, 0.2) is 5.82 Å². The topological polar surface area (TPSA) is 79.2 Å². The van der Waals surface area contributed by atoms with Crippen LogP contribution in [0.5, 0.6) is 0 Å². The molecule has 1 unspecified atom stereocenters. The fourth-order valence-corrected chi connectivity index (χ4v) is 5.26. The van der Waals surface area contributed by atoms with Gasteiger partial charge >= 0.3 is 6.03 Å². The molecule has 0 spiro atoms. The monoisotopic (exact) mass is 529 g/mol. The molecule has 1 atom stereocenters. The van der Waals surface area contributed by atoms with Crippen molar-refractivity contribution in [2.75, 3.05) is 31.5 Å². The number of benzene rings is 3. The standard InChI is InChI=1S/C29H32ClN7O/c1-3-29(2,36-20-18-35(19-21-36)28(38)31-25-16-14-24(30)15-17-25)27-32-33-34-37(27)26(22-10-6-4-7-11-22)23-12-8-5-9-13-23/h4-17,26H,3,18-21H2,1-2H3,(H,31,38). The van der Waals surface area contributed by atoms with Crippen LogP contribution < -0.4 is 5.32 Å². The van der Waals surface area contributed by atoms with Gasteiger partial charge in [0.2, 0.25) is 0 Å². The second-order valence-corrected chi connectivity index (χ2v) is 10.1. The second-order valence-electron chi connectivity index (χ2n) is 9.71. The van der Waals surface area contributed by atoms with Gasteiger partial charge < -0.3 is 10.2 Å². The molecule has 1 fully saturated rings. The number of carbonyl (C=O) groups excluding carboxylic acids is 1. The maximum Gasteiger partial charge on any atom is 0.321 e. The number of tetrazole rings is 1. The van der Waals surface area contributed by atoms with Crippen LogP contribution in [0.15, 0.2) is 84.9 Å². The molecule has 0 radical (unpaired) electrons. The number of urea groups is 1. The summed E-state index contributed by atoms with van der Waals surface area (Å²) in [4.78, 5) is 17.1. The van der Waals surface area contributed by atoms with Gasteiger partial charge in [-0.05, 0) is 59.2 Å². The van der Waals surface area contributed by atoms with Crippen LogP contribution in [0.25, 0.3) is 0 Å². The molecule has 8 nitrogen and oxygen atoms in total. The summed E-state index contributed by atoms with van der Waals surface area (Å²) in [7, 11) is 0. The molecule has 196 valence electrons. The van der Waals surface area contributed by atoms with E-state index in [9.17, 15) is 4.79 Å². The first-order valence-electron chi connectivity index (χ1n) is 12.9. The van der Waals surface area contributed by atoms with Crippen LogP contribution in [0.4, 0.5) is 10.5 Å². The minimum Gasteiger partial charge on any atom is -0.322 e. The van der Waals surface area contributed by atoms with Gasteiger partial charge in [0, 0.05) is 36.9 Å². The zero-order valence-electron chi connectivity index (χ0n) is 21.7. The van der Waals surface area contributed by atoms with Crippen molar-refractivity contribution in [3.8, 4) is 0 Å². The molecule has 38 heavy (non-hydrogen) atoms. The zero-order chi connectivity index (χ0) is 26.5. The highest BCUT2D eigenvalue weighted by Crippen LogP contribution is 2.35. The van der Waals surface area contributed by atoms with E-state index in [1.807, 2.05) is 46.0 Å². The summed E-state index contributed by atoms with van der Waals surface area (Å²) < 4.78 is 1.97. The quantitative estimate of drug-likeness (QED) is 0.345. The van der Waals surface area contributed by atoms with Gasteiger partial charge in [0.1, 0.15) is 6.04 Å². The summed E-state index contributed by atoms with van der Waals surface area (Å²) in [5, 5.41) is 16.9. The van der Waals surface area contributed by atoms with E-state index in [0.29, 0.717) is 31.2 Å². The number of halogens is 1. The van der Waals surface area contributed by atoms with Crippen LogP contribution in [0.1, 0.15) is 43.3 Å². The number of aromatic nitrogens is 4. The number of hydrogen-bond acceptors (Lipinski definition) is 5. The Bertz CT molecular complexity index is 1300. The molecule has 1 N–H and O–H groups in total. The Hall–Kier alpha value is -3.75. The molecule has 5 rings (SSSR count). The third kappa shape index (κ3) is 5.28. The lowest BCUT2D eigenvalue weighted by atomic mass is 9.92. The normalized spacial score (nSPS) is 15.8. The number of nitrogens with one attached hydrogen (secondary N) is 1. The average molecular weight is 530 g/mol.